The van der Waals surface area contributed by atoms with Gasteiger partial charge >= 0.3 is 11.9 Å². The lowest BCUT2D eigenvalue weighted by Crippen LogP contribution is -2.25. The highest BCUT2D eigenvalue weighted by atomic mass is 16.5. The maximum Gasteiger partial charge on any atom is 0.342 e. The van der Waals surface area contributed by atoms with Gasteiger partial charge in [-0.3, -0.25) is 4.79 Å². The van der Waals surface area contributed by atoms with E-state index in [4.69, 9.17) is 14.2 Å². The molecule has 2 N–H and O–H groups in total. The van der Waals surface area contributed by atoms with Gasteiger partial charge in [0, 0.05) is 11.8 Å². The van der Waals surface area contributed by atoms with Gasteiger partial charge in [0.2, 0.25) is 5.78 Å². The zero-order valence-electron chi connectivity index (χ0n) is 16.4. The van der Waals surface area contributed by atoms with Gasteiger partial charge in [0.15, 0.2) is 6.10 Å². The topological polar surface area (TPSA) is 115 Å². The predicted molar refractivity (Wildman–Crippen MR) is 100 cm³/mol. The average molecular weight is 389 g/mol. The van der Waals surface area contributed by atoms with Crippen LogP contribution in [-0.4, -0.2) is 47.6 Å². The molecule has 1 aromatic heterocycles. The second-order valence-corrected chi connectivity index (χ2v) is 6.14. The van der Waals surface area contributed by atoms with Gasteiger partial charge in [0.1, 0.15) is 17.1 Å². The largest absolute Gasteiger partial charge is 0.507 e. The summed E-state index contributed by atoms with van der Waals surface area (Å²) in [5.74, 6) is -1.83. The predicted octanol–water partition coefficient (Wildman–Crippen LogP) is 2.95. The molecular formula is C20H23NO7. The molecule has 8 nitrogen and oxygen atoms in total. The first-order valence-corrected chi connectivity index (χ1v) is 8.69. The second-order valence-electron chi connectivity index (χ2n) is 6.14. The molecule has 0 radical (unpaired) electrons. The summed E-state index contributed by atoms with van der Waals surface area (Å²) in [5, 5.41) is 9.93. The summed E-state index contributed by atoms with van der Waals surface area (Å²) >= 11 is 0. The van der Waals surface area contributed by atoms with Crippen molar-refractivity contribution in [1.82, 2.24) is 4.98 Å². The number of ketones is 1. The van der Waals surface area contributed by atoms with Crippen LogP contribution in [0.15, 0.2) is 18.2 Å². The number of hydrogen-bond donors (Lipinski definition) is 2. The molecule has 0 saturated heterocycles. The number of nitrogens with one attached hydrogen (secondary N) is 1. The lowest BCUT2D eigenvalue weighted by Gasteiger charge is -2.13. The molecule has 1 atom stereocenters. The van der Waals surface area contributed by atoms with Gasteiger partial charge < -0.3 is 24.3 Å². The Labute approximate surface area is 162 Å². The van der Waals surface area contributed by atoms with E-state index in [0.717, 1.165) is 0 Å². The molecule has 0 bridgehead atoms. The van der Waals surface area contributed by atoms with Crippen LogP contribution in [0.5, 0.6) is 11.5 Å². The van der Waals surface area contributed by atoms with Crippen LogP contribution in [0.25, 0.3) is 0 Å². The summed E-state index contributed by atoms with van der Waals surface area (Å²) in [5.41, 5.74) is 1.28. The Hall–Kier alpha value is -3.29. The fourth-order valence-electron chi connectivity index (χ4n) is 2.80. The van der Waals surface area contributed by atoms with Crippen molar-refractivity contribution in [3.8, 4) is 11.5 Å². The first-order valence-electron chi connectivity index (χ1n) is 8.69. The molecule has 0 aliphatic carbocycles. The van der Waals surface area contributed by atoms with E-state index in [9.17, 15) is 19.5 Å². The van der Waals surface area contributed by atoms with Crippen LogP contribution in [0.2, 0.25) is 0 Å². The maximum absolute atomic E-state index is 12.7. The first kappa shape index (κ1) is 21.0. The SMILES string of the molecule is CCOC(=O)c1c(C)[nH]c(C(=O)[C@@H](C)OC(=O)c2ccc(OC)cc2O)c1C. The Bertz CT molecular complexity index is 914. The first-order chi connectivity index (χ1) is 13.2. The minimum Gasteiger partial charge on any atom is -0.507 e. The third-order valence-electron chi connectivity index (χ3n) is 4.24. The summed E-state index contributed by atoms with van der Waals surface area (Å²) in [7, 11) is 1.43. The van der Waals surface area contributed by atoms with Crippen molar-refractivity contribution in [2.45, 2.75) is 33.8 Å². The van der Waals surface area contributed by atoms with E-state index in [1.807, 2.05) is 0 Å². The van der Waals surface area contributed by atoms with Crippen molar-refractivity contribution in [2.75, 3.05) is 13.7 Å². The van der Waals surface area contributed by atoms with E-state index < -0.39 is 23.8 Å². The van der Waals surface area contributed by atoms with Crippen molar-refractivity contribution < 1.29 is 33.7 Å². The zero-order chi connectivity index (χ0) is 21.0. The van der Waals surface area contributed by atoms with Crippen LogP contribution >= 0.6 is 0 Å². The molecule has 1 heterocycles. The number of phenols is 1. The van der Waals surface area contributed by atoms with Crippen LogP contribution in [-0.2, 0) is 9.47 Å². The second kappa shape index (κ2) is 8.60. The quantitative estimate of drug-likeness (QED) is 0.552. The van der Waals surface area contributed by atoms with Crippen LogP contribution in [0.1, 0.15) is 56.3 Å². The number of aromatic nitrogens is 1. The number of aromatic amines is 1. The number of ether oxygens (including phenoxy) is 3. The molecule has 0 fully saturated rings. The molecule has 1 aromatic carbocycles. The summed E-state index contributed by atoms with van der Waals surface area (Å²) < 4.78 is 15.2. The summed E-state index contributed by atoms with van der Waals surface area (Å²) in [6, 6.07) is 4.11. The van der Waals surface area contributed by atoms with E-state index in [1.165, 1.54) is 32.2 Å². The van der Waals surface area contributed by atoms with Gasteiger partial charge in [0.05, 0.1) is 25.0 Å². The number of methoxy groups -OCH3 is 1. The van der Waals surface area contributed by atoms with Crippen molar-refractivity contribution in [3.05, 3.63) is 46.3 Å². The number of carbonyl (C=O) groups is 3. The Kier molecular flexibility index (Phi) is 6.45. The van der Waals surface area contributed by atoms with Crippen molar-refractivity contribution in [3.63, 3.8) is 0 Å². The summed E-state index contributed by atoms with van der Waals surface area (Å²) in [6.07, 6.45) is -1.14. The van der Waals surface area contributed by atoms with Crippen LogP contribution in [0, 0.1) is 13.8 Å². The lowest BCUT2D eigenvalue weighted by atomic mass is 10.1. The molecule has 0 saturated carbocycles. The smallest absolute Gasteiger partial charge is 0.342 e. The van der Waals surface area contributed by atoms with Gasteiger partial charge in [-0.05, 0) is 45.4 Å². The average Bonchev–Trinajstić information content (AvgIpc) is 2.95. The number of benzene rings is 1. The molecule has 2 aromatic rings. The number of phenolic OH excluding ortho intramolecular Hbond substituents is 1. The molecule has 150 valence electrons. The number of rotatable bonds is 7. The molecule has 0 spiro atoms. The Morgan fingerprint density at radius 3 is 2.43 bits per heavy atom. The minimum atomic E-state index is -1.14. The number of carbonyl (C=O) groups excluding carboxylic acids is 3. The molecule has 8 heteroatoms. The summed E-state index contributed by atoms with van der Waals surface area (Å²) in [4.78, 5) is 40.0. The molecule has 0 aliphatic rings. The standard InChI is InChI=1S/C20H23NO7/c1-6-27-20(25)16-10(2)17(21-11(16)3)18(23)12(4)28-19(24)14-8-7-13(26-5)9-15(14)22/h7-9,12,21-22H,6H2,1-5H3/t12-/m1/s1. The molecule has 0 amide bonds. The Balaban J connectivity index is 2.20. The van der Waals surface area contributed by atoms with Crippen LogP contribution < -0.4 is 4.74 Å². The number of aromatic hydroxyl groups is 1. The molecule has 28 heavy (non-hydrogen) atoms. The highest BCUT2D eigenvalue weighted by molar-refractivity contribution is 6.04. The van der Waals surface area contributed by atoms with E-state index in [1.54, 1.807) is 20.8 Å². The number of hydrogen-bond acceptors (Lipinski definition) is 7. The van der Waals surface area contributed by atoms with Gasteiger partial charge in [-0.2, -0.15) is 0 Å². The van der Waals surface area contributed by atoms with E-state index >= 15 is 0 Å². The Morgan fingerprint density at radius 1 is 1.18 bits per heavy atom. The lowest BCUT2D eigenvalue weighted by molar-refractivity contribution is 0.0314. The number of H-pyrrole nitrogens is 1. The number of esters is 2. The molecule has 0 unspecified atom stereocenters. The van der Waals surface area contributed by atoms with E-state index in [0.29, 0.717) is 17.0 Å². The minimum absolute atomic E-state index is 0.0907. The van der Waals surface area contributed by atoms with Crippen LogP contribution in [0.4, 0.5) is 0 Å². The third-order valence-corrected chi connectivity index (χ3v) is 4.24. The third kappa shape index (κ3) is 4.16. The van der Waals surface area contributed by atoms with Gasteiger partial charge in [-0.1, -0.05) is 0 Å². The van der Waals surface area contributed by atoms with Crippen molar-refractivity contribution >= 4 is 17.7 Å². The van der Waals surface area contributed by atoms with E-state index in [-0.39, 0.29) is 29.2 Å². The normalized spacial score (nSPS) is 11.6. The van der Waals surface area contributed by atoms with Gasteiger partial charge in [0.25, 0.3) is 0 Å². The Morgan fingerprint density at radius 2 is 1.86 bits per heavy atom. The zero-order valence-corrected chi connectivity index (χ0v) is 16.4. The van der Waals surface area contributed by atoms with Crippen molar-refractivity contribution in [1.29, 1.82) is 0 Å². The van der Waals surface area contributed by atoms with Gasteiger partial charge in [-0.15, -0.1) is 0 Å². The number of Topliss-reactive ketones (excluding diaryl/α,β-unsaturated/α-hetero) is 1. The summed E-state index contributed by atoms with van der Waals surface area (Å²) in [6.45, 7) is 6.60. The van der Waals surface area contributed by atoms with Crippen LogP contribution in [0.3, 0.4) is 0 Å². The molecule has 2 rings (SSSR count). The maximum atomic E-state index is 12.7. The molecule has 0 aliphatic heterocycles. The van der Waals surface area contributed by atoms with Crippen molar-refractivity contribution in [2.24, 2.45) is 0 Å². The highest BCUT2D eigenvalue weighted by Crippen LogP contribution is 2.25. The fourth-order valence-corrected chi connectivity index (χ4v) is 2.80. The number of aryl methyl sites for hydroxylation is 1. The van der Waals surface area contributed by atoms with Gasteiger partial charge in [-0.25, -0.2) is 9.59 Å². The monoisotopic (exact) mass is 389 g/mol. The molecular weight excluding hydrogens is 366 g/mol. The fraction of sp³-hybridized carbons (Fsp3) is 0.350. The van der Waals surface area contributed by atoms with E-state index in [2.05, 4.69) is 4.98 Å². The highest BCUT2D eigenvalue weighted by Gasteiger charge is 2.28.